The summed E-state index contributed by atoms with van der Waals surface area (Å²) in [4.78, 5) is 0. The van der Waals surface area contributed by atoms with E-state index in [-0.39, 0.29) is 11.9 Å². The average Bonchev–Trinajstić information content (AvgIpc) is 2.82. The third-order valence-electron chi connectivity index (χ3n) is 5.88. The molecule has 1 saturated heterocycles. The number of hydrogen-bond donors (Lipinski definition) is 1. The van der Waals surface area contributed by atoms with Crippen LogP contribution in [-0.4, -0.2) is 73.5 Å². The molecule has 1 aromatic rings. The lowest BCUT2D eigenvalue weighted by molar-refractivity contribution is -0.539. The Hall–Kier alpha value is -1.69. The van der Waals surface area contributed by atoms with Crippen molar-refractivity contribution in [3.63, 3.8) is 0 Å². The van der Waals surface area contributed by atoms with Gasteiger partial charge >= 0.3 is 14.9 Å². The number of rotatable bonds is 7. The Bertz CT molecular complexity index is 766. The highest BCUT2D eigenvalue weighted by molar-refractivity contribution is 6.53. The minimum atomic E-state index is -3.07. The molecule has 0 saturated carbocycles. The van der Waals surface area contributed by atoms with Crippen LogP contribution in [0.4, 0.5) is 0 Å². The summed E-state index contributed by atoms with van der Waals surface area (Å²) in [7, 11) is -3.07. The second-order valence-corrected chi connectivity index (χ2v) is 10.5. The van der Waals surface area contributed by atoms with E-state index in [2.05, 4.69) is 0 Å². The van der Waals surface area contributed by atoms with Crippen molar-refractivity contribution in [1.29, 1.82) is 0 Å². The zero-order valence-electron chi connectivity index (χ0n) is 18.5. The highest BCUT2D eigenvalue weighted by atomic mass is 28.4. The first-order chi connectivity index (χ1) is 14.1. The molecule has 0 bridgehead atoms. The summed E-state index contributed by atoms with van der Waals surface area (Å²) >= 11 is 0. The standard InChI is InChI=1S/C20H32N2O7Si/c1-7-25-30(26-8-2)27-13-17(14-28-30)29-16-11-9-15(10-12-16)18-21(23)19(3,4)20(5,6)22(18)24/h9-12,17,23H,7-8,13-14H2,1-6H3. The Morgan fingerprint density at radius 3 is 2.07 bits per heavy atom. The smallest absolute Gasteiger partial charge is 0.679 e. The van der Waals surface area contributed by atoms with E-state index in [9.17, 15) is 10.4 Å². The van der Waals surface area contributed by atoms with Crippen LogP contribution in [-0.2, 0) is 17.7 Å². The second-order valence-electron chi connectivity index (χ2n) is 8.30. The van der Waals surface area contributed by atoms with Gasteiger partial charge in [-0.1, -0.05) is 0 Å². The molecule has 2 aliphatic heterocycles. The van der Waals surface area contributed by atoms with Crippen LogP contribution < -0.4 is 4.74 Å². The molecule has 0 aliphatic carbocycles. The number of ether oxygens (including phenoxy) is 1. The van der Waals surface area contributed by atoms with E-state index in [0.29, 0.717) is 37.7 Å². The molecule has 9 nitrogen and oxygen atoms in total. The van der Waals surface area contributed by atoms with Crippen molar-refractivity contribution >= 4 is 14.9 Å². The lowest BCUT2D eigenvalue weighted by Gasteiger charge is -2.34. The number of nitrogens with zero attached hydrogens (tertiary/aromatic N) is 2. The second kappa shape index (κ2) is 8.44. The molecule has 2 aliphatic rings. The summed E-state index contributed by atoms with van der Waals surface area (Å²) < 4.78 is 29.5. The summed E-state index contributed by atoms with van der Waals surface area (Å²) in [5.41, 5.74) is -0.928. The van der Waals surface area contributed by atoms with Gasteiger partial charge in [0.05, 0.1) is 18.8 Å². The highest BCUT2D eigenvalue weighted by Gasteiger charge is 2.58. The van der Waals surface area contributed by atoms with Gasteiger partial charge in [0, 0.05) is 13.2 Å². The van der Waals surface area contributed by atoms with Crippen molar-refractivity contribution in [3.8, 4) is 5.75 Å². The normalized spacial score (nSPS) is 23.1. The molecule has 0 unspecified atom stereocenters. The van der Waals surface area contributed by atoms with Gasteiger partial charge in [-0.05, 0) is 65.8 Å². The lowest BCUT2D eigenvalue weighted by atomic mass is 9.84. The molecule has 1 aromatic carbocycles. The number of hydrogen-bond acceptors (Lipinski definition) is 8. The molecule has 0 atom stereocenters. The molecule has 2 heterocycles. The largest absolute Gasteiger partial charge is 0.714 e. The molecule has 168 valence electrons. The van der Waals surface area contributed by atoms with Crippen LogP contribution in [0.5, 0.6) is 5.75 Å². The zero-order valence-corrected chi connectivity index (χ0v) is 19.5. The first-order valence-electron chi connectivity index (χ1n) is 10.2. The van der Waals surface area contributed by atoms with E-state index in [4.69, 9.17) is 22.4 Å². The van der Waals surface area contributed by atoms with Crippen LogP contribution >= 0.6 is 0 Å². The molecular weight excluding hydrogens is 408 g/mol. The third kappa shape index (κ3) is 3.95. The molecule has 30 heavy (non-hydrogen) atoms. The number of benzene rings is 1. The van der Waals surface area contributed by atoms with Crippen molar-refractivity contribution in [2.45, 2.75) is 58.7 Å². The maximum atomic E-state index is 12.8. The summed E-state index contributed by atoms with van der Waals surface area (Å²) in [5, 5.41) is 24.5. The molecule has 1 fully saturated rings. The summed E-state index contributed by atoms with van der Waals surface area (Å²) in [5.74, 6) is 0.821. The number of hydroxylamine groups is 3. The van der Waals surface area contributed by atoms with E-state index in [1.54, 1.807) is 24.3 Å². The van der Waals surface area contributed by atoms with Gasteiger partial charge in [0.25, 0.3) is 0 Å². The molecule has 0 aromatic heterocycles. The van der Waals surface area contributed by atoms with Gasteiger partial charge in [0.15, 0.2) is 5.54 Å². The van der Waals surface area contributed by atoms with Gasteiger partial charge in [0.2, 0.25) is 0 Å². The van der Waals surface area contributed by atoms with Crippen LogP contribution in [0.3, 0.4) is 0 Å². The van der Waals surface area contributed by atoms with Gasteiger partial charge in [-0.15, -0.1) is 5.06 Å². The molecule has 0 radical (unpaired) electrons. The van der Waals surface area contributed by atoms with Crippen molar-refractivity contribution in [3.05, 3.63) is 35.0 Å². The lowest BCUT2D eigenvalue weighted by Crippen LogP contribution is -2.56. The van der Waals surface area contributed by atoms with Gasteiger partial charge in [-0.3, -0.25) is 4.74 Å². The maximum absolute atomic E-state index is 12.8. The Morgan fingerprint density at radius 2 is 1.63 bits per heavy atom. The van der Waals surface area contributed by atoms with Crippen LogP contribution in [0.1, 0.15) is 47.1 Å². The molecule has 10 heteroatoms. The van der Waals surface area contributed by atoms with Crippen LogP contribution in [0.2, 0.25) is 0 Å². The zero-order chi connectivity index (χ0) is 22.2. The fraction of sp³-hybridized carbons (Fsp3) is 0.650. The van der Waals surface area contributed by atoms with Crippen molar-refractivity contribution in [2.24, 2.45) is 0 Å². The topological polar surface area (TPSA) is 95.7 Å². The van der Waals surface area contributed by atoms with Crippen molar-refractivity contribution in [2.75, 3.05) is 26.4 Å². The Labute approximate surface area is 178 Å². The van der Waals surface area contributed by atoms with E-state index in [1.807, 2.05) is 41.5 Å². The minimum absolute atomic E-state index is 0.213. The van der Waals surface area contributed by atoms with E-state index in [0.717, 1.165) is 9.80 Å². The molecular formula is C20H32N2O7Si. The van der Waals surface area contributed by atoms with Gasteiger partial charge in [-0.25, -0.2) is 5.21 Å². The minimum Gasteiger partial charge on any atom is -0.714 e. The fourth-order valence-electron chi connectivity index (χ4n) is 3.35. The maximum Gasteiger partial charge on any atom is 0.679 e. The third-order valence-corrected chi connectivity index (χ3v) is 8.20. The van der Waals surface area contributed by atoms with Crippen LogP contribution in [0.15, 0.2) is 24.3 Å². The van der Waals surface area contributed by atoms with Gasteiger partial charge in [0.1, 0.15) is 17.4 Å². The Morgan fingerprint density at radius 1 is 1.10 bits per heavy atom. The summed E-state index contributed by atoms with van der Waals surface area (Å²) in [6, 6.07) is 7.01. The molecule has 1 N–H and O–H groups in total. The van der Waals surface area contributed by atoms with E-state index >= 15 is 0 Å². The predicted molar refractivity (Wildman–Crippen MR) is 111 cm³/mol. The number of amidine groups is 1. The quantitative estimate of drug-likeness (QED) is 0.393. The summed E-state index contributed by atoms with van der Waals surface area (Å²) in [6.07, 6.45) is -0.306. The molecule has 0 amide bonds. The van der Waals surface area contributed by atoms with Crippen molar-refractivity contribution in [1.82, 2.24) is 5.06 Å². The van der Waals surface area contributed by atoms with E-state index in [1.165, 1.54) is 0 Å². The van der Waals surface area contributed by atoms with Crippen LogP contribution in [0.25, 0.3) is 0 Å². The molecule has 0 spiro atoms. The summed E-state index contributed by atoms with van der Waals surface area (Å²) in [6.45, 7) is 12.5. The van der Waals surface area contributed by atoms with Crippen molar-refractivity contribution < 1.29 is 32.4 Å². The Balaban J connectivity index is 1.67. The fourth-order valence-corrected chi connectivity index (χ4v) is 5.33. The Kier molecular flexibility index (Phi) is 6.47. The first-order valence-corrected chi connectivity index (χ1v) is 11.9. The van der Waals surface area contributed by atoms with Gasteiger partial charge in [-0.2, -0.15) is 0 Å². The first kappa shape index (κ1) is 23.0. The van der Waals surface area contributed by atoms with Gasteiger partial charge < -0.3 is 27.6 Å². The monoisotopic (exact) mass is 440 g/mol. The predicted octanol–water partition coefficient (Wildman–Crippen LogP) is 2.51. The highest BCUT2D eigenvalue weighted by Crippen LogP contribution is 2.37. The van der Waals surface area contributed by atoms with Crippen LogP contribution in [0, 0.1) is 5.21 Å². The average molecular weight is 441 g/mol. The van der Waals surface area contributed by atoms with E-state index < -0.39 is 20.1 Å². The SMILES string of the molecule is CCO[Si]1(OCC)OCC(Oc2ccc(C3=[N+]([O-])C(C)(C)C(C)(C)N3O)cc2)CO1. The molecule has 3 rings (SSSR count).